The van der Waals surface area contributed by atoms with Gasteiger partial charge in [-0.25, -0.2) is 5.06 Å². The number of benzene rings is 2. The molecule has 6 nitrogen and oxygen atoms in total. The summed E-state index contributed by atoms with van der Waals surface area (Å²) >= 11 is 0. The van der Waals surface area contributed by atoms with E-state index in [1.165, 1.54) is 4.90 Å². The second kappa shape index (κ2) is 7.64. The van der Waals surface area contributed by atoms with E-state index in [0.717, 1.165) is 23.4 Å². The number of likely N-dealkylation sites (tertiary alicyclic amines) is 1. The minimum absolute atomic E-state index is 0.0937. The fourth-order valence-corrected chi connectivity index (χ4v) is 4.05. The standard InChI is InChI=1S/C22H24N2O4/c1-15-20(22(26)23-14-6-9-19(23)25)21(16-10-12-18(27-2)13-11-16)24(28-15)17-7-4-3-5-8-17/h3-5,7-8,10-13,15,20-21H,6,9,14H2,1-2H3/t15-,20-,21+/m0/s1. The van der Waals surface area contributed by atoms with Crippen LogP contribution in [0, 0.1) is 5.92 Å². The number of hydrogen-bond donors (Lipinski definition) is 0. The lowest BCUT2D eigenvalue weighted by Gasteiger charge is -2.28. The highest BCUT2D eigenvalue weighted by Crippen LogP contribution is 2.43. The summed E-state index contributed by atoms with van der Waals surface area (Å²) in [6, 6.07) is 17.1. The van der Waals surface area contributed by atoms with Crippen LogP contribution in [-0.2, 0) is 14.4 Å². The van der Waals surface area contributed by atoms with Crippen LogP contribution in [0.5, 0.6) is 5.75 Å². The fraction of sp³-hybridized carbons (Fsp3) is 0.364. The molecule has 3 atom stereocenters. The van der Waals surface area contributed by atoms with Gasteiger partial charge in [0.15, 0.2) is 0 Å². The Bertz CT molecular complexity index is 853. The molecule has 2 aromatic rings. The number of imide groups is 1. The third-order valence-electron chi connectivity index (χ3n) is 5.47. The summed E-state index contributed by atoms with van der Waals surface area (Å²) in [5.74, 6) is 0.0216. The Balaban J connectivity index is 1.74. The van der Waals surface area contributed by atoms with E-state index in [1.54, 1.807) is 12.2 Å². The van der Waals surface area contributed by atoms with E-state index in [4.69, 9.17) is 9.57 Å². The molecule has 2 fully saturated rings. The molecule has 0 spiro atoms. The van der Waals surface area contributed by atoms with Crippen molar-refractivity contribution in [2.75, 3.05) is 18.7 Å². The lowest BCUT2D eigenvalue weighted by molar-refractivity contribution is -0.145. The Labute approximate surface area is 164 Å². The zero-order chi connectivity index (χ0) is 19.7. The lowest BCUT2D eigenvalue weighted by atomic mass is 9.88. The lowest BCUT2D eigenvalue weighted by Crippen LogP contribution is -2.42. The van der Waals surface area contributed by atoms with Crippen molar-refractivity contribution in [2.24, 2.45) is 5.92 Å². The number of ether oxygens (including phenoxy) is 1. The molecule has 2 aliphatic heterocycles. The maximum absolute atomic E-state index is 13.3. The molecule has 2 heterocycles. The van der Waals surface area contributed by atoms with Crippen LogP contribution < -0.4 is 9.80 Å². The molecule has 0 aromatic heterocycles. The number of methoxy groups -OCH3 is 1. The number of amides is 2. The Morgan fingerprint density at radius 2 is 1.82 bits per heavy atom. The average molecular weight is 380 g/mol. The van der Waals surface area contributed by atoms with E-state index in [1.807, 2.05) is 61.5 Å². The van der Waals surface area contributed by atoms with Gasteiger partial charge in [0.2, 0.25) is 11.8 Å². The first-order valence-corrected chi connectivity index (χ1v) is 9.59. The van der Waals surface area contributed by atoms with Gasteiger partial charge in [0.05, 0.1) is 30.9 Å². The summed E-state index contributed by atoms with van der Waals surface area (Å²) in [7, 11) is 1.62. The predicted octanol–water partition coefficient (Wildman–Crippen LogP) is 3.34. The zero-order valence-corrected chi connectivity index (χ0v) is 16.1. The third-order valence-corrected chi connectivity index (χ3v) is 5.47. The van der Waals surface area contributed by atoms with Crippen LogP contribution in [0.2, 0.25) is 0 Å². The Morgan fingerprint density at radius 1 is 1.11 bits per heavy atom. The number of hydroxylamine groups is 1. The van der Waals surface area contributed by atoms with E-state index >= 15 is 0 Å². The smallest absolute Gasteiger partial charge is 0.237 e. The molecule has 0 bridgehead atoms. The molecule has 0 aliphatic carbocycles. The van der Waals surface area contributed by atoms with Crippen molar-refractivity contribution in [3.8, 4) is 5.75 Å². The van der Waals surface area contributed by atoms with Crippen LogP contribution in [0.1, 0.15) is 31.4 Å². The molecule has 2 saturated heterocycles. The highest BCUT2D eigenvalue weighted by molar-refractivity contribution is 5.98. The molecule has 6 heteroatoms. The molecular weight excluding hydrogens is 356 g/mol. The first kappa shape index (κ1) is 18.5. The number of nitrogens with zero attached hydrogens (tertiary/aromatic N) is 2. The van der Waals surface area contributed by atoms with E-state index < -0.39 is 5.92 Å². The van der Waals surface area contributed by atoms with Crippen molar-refractivity contribution >= 4 is 17.5 Å². The van der Waals surface area contributed by atoms with Gasteiger partial charge in [-0.3, -0.25) is 19.3 Å². The quantitative estimate of drug-likeness (QED) is 0.762. The number of carbonyl (C=O) groups excluding carboxylic acids is 2. The minimum atomic E-state index is -0.476. The second-order valence-corrected chi connectivity index (χ2v) is 7.20. The molecule has 0 radical (unpaired) electrons. The maximum atomic E-state index is 13.3. The molecule has 28 heavy (non-hydrogen) atoms. The Morgan fingerprint density at radius 3 is 2.43 bits per heavy atom. The number of para-hydroxylation sites is 1. The molecule has 2 amide bonds. The van der Waals surface area contributed by atoms with Gasteiger partial charge in [0, 0.05) is 13.0 Å². The molecular formula is C22H24N2O4. The average Bonchev–Trinajstić information content (AvgIpc) is 3.31. The Hall–Kier alpha value is -2.86. The molecule has 2 aromatic carbocycles. The molecule has 4 rings (SSSR count). The normalized spacial score (nSPS) is 24.6. The largest absolute Gasteiger partial charge is 0.497 e. The first-order valence-electron chi connectivity index (χ1n) is 9.59. The van der Waals surface area contributed by atoms with E-state index in [0.29, 0.717) is 13.0 Å². The number of hydrogen-bond acceptors (Lipinski definition) is 5. The van der Waals surface area contributed by atoms with Crippen molar-refractivity contribution in [1.29, 1.82) is 0 Å². The van der Waals surface area contributed by atoms with Crippen LogP contribution in [0.15, 0.2) is 54.6 Å². The monoisotopic (exact) mass is 380 g/mol. The SMILES string of the molecule is COc1ccc([C@@H]2[C@@H](C(=O)N3CCCC3=O)[C@H](C)ON2c2ccccc2)cc1. The maximum Gasteiger partial charge on any atom is 0.237 e. The molecule has 0 saturated carbocycles. The topological polar surface area (TPSA) is 59.1 Å². The Kier molecular flexibility index (Phi) is 5.05. The van der Waals surface area contributed by atoms with Crippen LogP contribution in [-0.4, -0.2) is 36.5 Å². The number of carbonyl (C=O) groups is 2. The highest BCUT2D eigenvalue weighted by atomic mass is 16.7. The van der Waals surface area contributed by atoms with Crippen molar-refractivity contribution in [3.05, 3.63) is 60.2 Å². The molecule has 0 unspecified atom stereocenters. The van der Waals surface area contributed by atoms with Crippen molar-refractivity contribution in [1.82, 2.24) is 4.90 Å². The van der Waals surface area contributed by atoms with Crippen molar-refractivity contribution < 1.29 is 19.2 Å². The van der Waals surface area contributed by atoms with Gasteiger partial charge >= 0.3 is 0 Å². The van der Waals surface area contributed by atoms with E-state index in [2.05, 4.69) is 0 Å². The molecule has 0 N–H and O–H groups in total. The van der Waals surface area contributed by atoms with Crippen LogP contribution in [0.25, 0.3) is 0 Å². The minimum Gasteiger partial charge on any atom is -0.497 e. The van der Waals surface area contributed by atoms with Gasteiger partial charge in [-0.1, -0.05) is 30.3 Å². The van der Waals surface area contributed by atoms with Crippen LogP contribution in [0.4, 0.5) is 5.69 Å². The fourth-order valence-electron chi connectivity index (χ4n) is 4.05. The van der Waals surface area contributed by atoms with Gasteiger partial charge in [0.1, 0.15) is 5.75 Å². The number of anilines is 1. The molecule has 146 valence electrons. The summed E-state index contributed by atoms with van der Waals surface area (Å²) in [6.45, 7) is 2.38. The summed E-state index contributed by atoms with van der Waals surface area (Å²) in [5, 5.41) is 1.80. The summed E-state index contributed by atoms with van der Waals surface area (Å²) in [6.07, 6.45) is 0.805. The zero-order valence-electron chi connectivity index (χ0n) is 16.1. The second-order valence-electron chi connectivity index (χ2n) is 7.20. The summed E-state index contributed by atoms with van der Waals surface area (Å²) in [5.41, 5.74) is 1.82. The number of rotatable bonds is 4. The van der Waals surface area contributed by atoms with E-state index in [9.17, 15) is 9.59 Å². The third kappa shape index (κ3) is 3.24. The van der Waals surface area contributed by atoms with Gasteiger partial charge in [0.25, 0.3) is 0 Å². The van der Waals surface area contributed by atoms with Gasteiger partial charge in [-0.15, -0.1) is 0 Å². The molecule has 2 aliphatic rings. The first-order chi connectivity index (χ1) is 13.6. The van der Waals surface area contributed by atoms with Gasteiger partial charge < -0.3 is 4.74 Å². The van der Waals surface area contributed by atoms with Crippen LogP contribution in [0.3, 0.4) is 0 Å². The van der Waals surface area contributed by atoms with Crippen molar-refractivity contribution in [3.63, 3.8) is 0 Å². The van der Waals surface area contributed by atoms with E-state index in [-0.39, 0.29) is 24.0 Å². The van der Waals surface area contributed by atoms with Crippen LogP contribution >= 0.6 is 0 Å². The summed E-state index contributed by atoms with van der Waals surface area (Å²) in [4.78, 5) is 33.1. The van der Waals surface area contributed by atoms with Gasteiger partial charge in [-0.2, -0.15) is 0 Å². The predicted molar refractivity (Wildman–Crippen MR) is 105 cm³/mol. The van der Waals surface area contributed by atoms with Gasteiger partial charge in [-0.05, 0) is 43.2 Å². The summed E-state index contributed by atoms with van der Waals surface area (Å²) < 4.78 is 5.27. The highest BCUT2D eigenvalue weighted by Gasteiger charge is 2.49. The van der Waals surface area contributed by atoms with Crippen molar-refractivity contribution in [2.45, 2.75) is 31.9 Å².